The number of aliphatic hydroxyl groups is 1. The molecule has 4 saturated carbocycles. The molecule has 3 N–H and O–H groups in total. The van der Waals surface area contributed by atoms with Crippen molar-refractivity contribution < 1.29 is 14.6 Å². The van der Waals surface area contributed by atoms with Crippen LogP contribution in [0.1, 0.15) is 82.5 Å². The van der Waals surface area contributed by atoms with E-state index in [4.69, 9.17) is 10.5 Å². The van der Waals surface area contributed by atoms with Gasteiger partial charge in [0, 0.05) is 23.9 Å². The Labute approximate surface area is 186 Å². The predicted octanol–water partition coefficient (Wildman–Crippen LogP) is 4.34. The lowest BCUT2D eigenvalue weighted by Gasteiger charge is -2.65. The molecule has 4 aliphatic rings. The van der Waals surface area contributed by atoms with E-state index < -0.39 is 6.10 Å². The number of hydrogen-bond acceptors (Lipinski definition) is 5. The molecular weight excluding hydrogens is 388 g/mol. The summed E-state index contributed by atoms with van der Waals surface area (Å²) in [5, 5.41) is 11.5. The van der Waals surface area contributed by atoms with Gasteiger partial charge in [0.2, 0.25) is 0 Å². The van der Waals surface area contributed by atoms with Crippen LogP contribution >= 0.6 is 0 Å². The standard InChI is InChI=1S/C26H38N2O3/c1-23-11-7-20-24(2)9-5-10-25(3,27)19(24)8-12-26(20,16-23)18(21(23)29)15-31-22(30)17-6-4-13-28-14-17/h4,6,13-14,18-21,29H,5,7-12,15-16,27H2,1-3H3/t18-,19+,20+,21-,23+,24-,25-,26-/m1/s1. The lowest BCUT2D eigenvalue weighted by Crippen LogP contribution is -2.63. The van der Waals surface area contributed by atoms with Crippen LogP contribution in [0, 0.1) is 34.0 Å². The third-order valence-corrected chi connectivity index (χ3v) is 10.3. The van der Waals surface area contributed by atoms with Crippen LogP contribution < -0.4 is 5.73 Å². The average Bonchev–Trinajstić information content (AvgIpc) is 2.87. The zero-order valence-corrected chi connectivity index (χ0v) is 19.3. The smallest absolute Gasteiger partial charge is 0.339 e. The lowest BCUT2D eigenvalue weighted by molar-refractivity contribution is -0.151. The van der Waals surface area contributed by atoms with E-state index >= 15 is 0 Å². The van der Waals surface area contributed by atoms with Gasteiger partial charge >= 0.3 is 5.97 Å². The van der Waals surface area contributed by atoms with Crippen LogP contribution in [0.5, 0.6) is 0 Å². The second-order valence-corrected chi connectivity index (χ2v) is 12.0. The Morgan fingerprint density at radius 3 is 2.71 bits per heavy atom. The van der Waals surface area contributed by atoms with Gasteiger partial charge in [-0.25, -0.2) is 4.79 Å². The van der Waals surface area contributed by atoms with Crippen molar-refractivity contribution >= 4 is 5.97 Å². The van der Waals surface area contributed by atoms with Gasteiger partial charge in [0.25, 0.3) is 0 Å². The van der Waals surface area contributed by atoms with Gasteiger partial charge in [-0.3, -0.25) is 4.98 Å². The summed E-state index contributed by atoms with van der Waals surface area (Å²) < 4.78 is 5.83. The highest BCUT2D eigenvalue weighted by molar-refractivity contribution is 5.88. The number of nitrogens with zero attached hydrogens (tertiary/aromatic N) is 1. The van der Waals surface area contributed by atoms with E-state index in [0.717, 1.165) is 38.5 Å². The zero-order chi connectivity index (χ0) is 22.1. The Morgan fingerprint density at radius 2 is 1.97 bits per heavy atom. The maximum atomic E-state index is 12.7. The van der Waals surface area contributed by atoms with Gasteiger partial charge in [-0.1, -0.05) is 20.3 Å². The van der Waals surface area contributed by atoms with Crippen LogP contribution in [-0.4, -0.2) is 34.3 Å². The summed E-state index contributed by atoms with van der Waals surface area (Å²) in [5.41, 5.74) is 7.40. The number of hydrogen-bond donors (Lipinski definition) is 2. The molecule has 4 aliphatic carbocycles. The number of ether oxygens (including phenoxy) is 1. The van der Waals surface area contributed by atoms with Crippen molar-refractivity contribution in [1.82, 2.24) is 4.98 Å². The molecule has 8 atom stereocenters. The minimum absolute atomic E-state index is 0.00523. The summed E-state index contributed by atoms with van der Waals surface area (Å²) in [4.78, 5) is 16.7. The number of carbonyl (C=O) groups excluding carboxylic acids is 1. The van der Waals surface area contributed by atoms with Crippen molar-refractivity contribution in [2.24, 2.45) is 39.7 Å². The molecule has 1 aromatic rings. The minimum Gasteiger partial charge on any atom is -0.462 e. The fourth-order valence-electron chi connectivity index (χ4n) is 9.03. The molecule has 2 bridgehead atoms. The van der Waals surface area contributed by atoms with Gasteiger partial charge in [-0.05, 0) is 92.1 Å². The highest BCUT2D eigenvalue weighted by Gasteiger charge is 2.70. The molecule has 0 aliphatic heterocycles. The van der Waals surface area contributed by atoms with E-state index in [-0.39, 0.29) is 33.7 Å². The number of rotatable bonds is 3. The minimum atomic E-state index is -0.424. The average molecular weight is 427 g/mol. The van der Waals surface area contributed by atoms with Gasteiger partial charge in [0.15, 0.2) is 0 Å². The van der Waals surface area contributed by atoms with Crippen LogP contribution in [0.2, 0.25) is 0 Å². The molecule has 1 aromatic heterocycles. The van der Waals surface area contributed by atoms with Gasteiger partial charge < -0.3 is 15.6 Å². The topological polar surface area (TPSA) is 85.4 Å². The molecule has 0 radical (unpaired) electrons. The third kappa shape index (κ3) is 3.02. The first-order valence-electron chi connectivity index (χ1n) is 12.2. The third-order valence-electron chi connectivity index (χ3n) is 10.3. The molecule has 5 nitrogen and oxygen atoms in total. The molecule has 31 heavy (non-hydrogen) atoms. The Hall–Kier alpha value is -1.46. The monoisotopic (exact) mass is 426 g/mol. The molecule has 1 spiro atoms. The summed E-state index contributed by atoms with van der Waals surface area (Å²) in [5.74, 6) is 0.723. The maximum absolute atomic E-state index is 12.7. The molecule has 0 amide bonds. The van der Waals surface area contributed by atoms with E-state index in [1.54, 1.807) is 24.5 Å². The van der Waals surface area contributed by atoms with Crippen LogP contribution in [-0.2, 0) is 4.74 Å². The SMILES string of the molecule is C[C@]12CC[C@H]3[C@]4(C)CCC[C@@](C)(N)[C@H]4CC[C@@]3(C1)[C@H](COC(=O)c1cccnc1)[C@H]2O. The first-order chi connectivity index (χ1) is 14.6. The number of aliphatic hydroxyl groups excluding tert-OH is 1. The molecule has 1 heterocycles. The molecular formula is C26H38N2O3. The molecule has 4 fully saturated rings. The van der Waals surface area contributed by atoms with E-state index in [9.17, 15) is 9.90 Å². The largest absolute Gasteiger partial charge is 0.462 e. The van der Waals surface area contributed by atoms with Crippen LogP contribution in [0.4, 0.5) is 0 Å². The normalized spacial score (nSPS) is 48.5. The molecule has 5 rings (SSSR count). The van der Waals surface area contributed by atoms with Crippen molar-refractivity contribution in [2.75, 3.05) is 6.61 Å². The summed E-state index contributed by atoms with van der Waals surface area (Å²) in [7, 11) is 0. The molecule has 0 saturated heterocycles. The van der Waals surface area contributed by atoms with Gasteiger partial charge in [0.05, 0.1) is 18.3 Å². The molecule has 170 valence electrons. The van der Waals surface area contributed by atoms with E-state index in [1.165, 1.54) is 12.8 Å². The van der Waals surface area contributed by atoms with Gasteiger partial charge in [-0.2, -0.15) is 0 Å². The number of fused-ring (bicyclic) bond motifs is 3. The summed E-state index contributed by atoms with van der Waals surface area (Å²) in [6.07, 6.45) is 11.8. The first kappa shape index (κ1) is 21.4. The van der Waals surface area contributed by atoms with Crippen molar-refractivity contribution in [1.29, 1.82) is 0 Å². The fraction of sp³-hybridized carbons (Fsp3) is 0.769. The Bertz CT molecular complexity index is 857. The number of carbonyl (C=O) groups is 1. The molecule has 5 heteroatoms. The highest BCUT2D eigenvalue weighted by Crippen LogP contribution is 2.74. The summed E-state index contributed by atoms with van der Waals surface area (Å²) in [6, 6.07) is 3.48. The number of aromatic nitrogens is 1. The van der Waals surface area contributed by atoms with Gasteiger partial charge in [-0.15, -0.1) is 0 Å². The number of pyridine rings is 1. The number of esters is 1. The molecule has 0 aromatic carbocycles. The van der Waals surface area contributed by atoms with E-state index in [0.29, 0.717) is 24.0 Å². The van der Waals surface area contributed by atoms with Crippen LogP contribution in [0.25, 0.3) is 0 Å². The summed E-state index contributed by atoms with van der Waals surface area (Å²) in [6.45, 7) is 7.29. The quantitative estimate of drug-likeness (QED) is 0.702. The van der Waals surface area contributed by atoms with Crippen LogP contribution in [0.15, 0.2) is 24.5 Å². The van der Waals surface area contributed by atoms with Crippen LogP contribution in [0.3, 0.4) is 0 Å². The van der Waals surface area contributed by atoms with Crippen molar-refractivity contribution in [3.8, 4) is 0 Å². The van der Waals surface area contributed by atoms with Gasteiger partial charge in [0.1, 0.15) is 0 Å². The number of nitrogens with two attached hydrogens (primary N) is 1. The second kappa shape index (κ2) is 7.02. The van der Waals surface area contributed by atoms with Crippen molar-refractivity contribution in [3.63, 3.8) is 0 Å². The lowest BCUT2D eigenvalue weighted by atomic mass is 9.41. The van der Waals surface area contributed by atoms with E-state index in [1.807, 2.05) is 0 Å². The molecule has 0 unspecified atom stereocenters. The Balaban J connectivity index is 1.45. The Kier molecular flexibility index (Phi) is 4.84. The fourth-order valence-corrected chi connectivity index (χ4v) is 9.03. The highest BCUT2D eigenvalue weighted by atomic mass is 16.5. The maximum Gasteiger partial charge on any atom is 0.339 e. The predicted molar refractivity (Wildman–Crippen MR) is 119 cm³/mol. The first-order valence-corrected chi connectivity index (χ1v) is 12.2. The zero-order valence-electron chi connectivity index (χ0n) is 19.3. The second-order valence-electron chi connectivity index (χ2n) is 12.0. The van der Waals surface area contributed by atoms with Crippen molar-refractivity contribution in [3.05, 3.63) is 30.1 Å². The summed E-state index contributed by atoms with van der Waals surface area (Å²) >= 11 is 0. The van der Waals surface area contributed by atoms with E-state index in [2.05, 4.69) is 25.8 Å². The Morgan fingerprint density at radius 1 is 1.19 bits per heavy atom. The van der Waals surface area contributed by atoms with Crippen molar-refractivity contribution in [2.45, 2.75) is 83.8 Å².